The van der Waals surface area contributed by atoms with Gasteiger partial charge in [0, 0.05) is 30.9 Å². The van der Waals surface area contributed by atoms with E-state index in [9.17, 15) is 24.8 Å². The summed E-state index contributed by atoms with van der Waals surface area (Å²) in [5.74, 6) is 0.988. The van der Waals surface area contributed by atoms with E-state index in [0.29, 0.717) is 49.7 Å². The van der Waals surface area contributed by atoms with Gasteiger partial charge < -0.3 is 39.7 Å². The molecule has 3 unspecified atom stereocenters. The van der Waals surface area contributed by atoms with E-state index in [1.807, 2.05) is 49.4 Å². The van der Waals surface area contributed by atoms with Crippen molar-refractivity contribution in [2.75, 3.05) is 32.3 Å². The van der Waals surface area contributed by atoms with E-state index in [2.05, 4.69) is 5.32 Å². The SMILES string of the molecule is CC(Cc1ccc(OCP(=O)(O)CCCOCc2ccccc2)cc1)NCC(O)COc1ccc(O)c(CO)c1.Cl. The molecule has 3 aromatic carbocycles. The van der Waals surface area contributed by atoms with Gasteiger partial charge in [0.1, 0.15) is 30.0 Å². The van der Waals surface area contributed by atoms with Crippen molar-refractivity contribution >= 4 is 19.8 Å². The average Bonchev–Trinajstić information content (AvgIpc) is 2.95. The van der Waals surface area contributed by atoms with Crippen LogP contribution in [0.3, 0.4) is 0 Å². The molecule has 0 saturated heterocycles. The number of halogens is 1. The van der Waals surface area contributed by atoms with Crippen LogP contribution in [0, 0.1) is 0 Å². The molecule has 41 heavy (non-hydrogen) atoms. The maximum absolute atomic E-state index is 12.4. The number of aliphatic hydroxyl groups excluding tert-OH is 2. The number of aliphatic hydroxyl groups is 2. The Labute approximate surface area is 248 Å². The minimum atomic E-state index is -3.42. The summed E-state index contributed by atoms with van der Waals surface area (Å²) in [7, 11) is -3.42. The highest BCUT2D eigenvalue weighted by atomic mass is 35.5. The van der Waals surface area contributed by atoms with Crippen molar-refractivity contribution in [3.8, 4) is 17.2 Å². The number of ether oxygens (including phenoxy) is 3. The Balaban J connectivity index is 0.00000588. The molecule has 0 aliphatic carbocycles. The molecule has 0 heterocycles. The second kappa shape index (κ2) is 18.0. The Kier molecular flexibility index (Phi) is 15.2. The van der Waals surface area contributed by atoms with Gasteiger partial charge in [0.05, 0.1) is 13.2 Å². The van der Waals surface area contributed by atoms with Crippen molar-refractivity contribution < 1.29 is 39.0 Å². The molecule has 9 nitrogen and oxygen atoms in total. The van der Waals surface area contributed by atoms with Gasteiger partial charge >= 0.3 is 0 Å². The zero-order valence-corrected chi connectivity index (χ0v) is 24.9. The van der Waals surface area contributed by atoms with E-state index in [1.165, 1.54) is 12.1 Å². The normalized spacial score (nSPS) is 14.0. The van der Waals surface area contributed by atoms with E-state index in [0.717, 1.165) is 11.1 Å². The van der Waals surface area contributed by atoms with Crippen LogP contribution in [0.1, 0.15) is 30.0 Å². The average molecular weight is 610 g/mol. The molecular formula is C30H41ClNO8P. The van der Waals surface area contributed by atoms with Crippen LogP contribution >= 0.6 is 19.8 Å². The van der Waals surface area contributed by atoms with Crippen molar-refractivity contribution in [2.45, 2.75) is 45.1 Å². The van der Waals surface area contributed by atoms with E-state index < -0.39 is 13.5 Å². The van der Waals surface area contributed by atoms with Crippen LogP contribution in [0.4, 0.5) is 0 Å². The Morgan fingerprint density at radius 3 is 2.37 bits per heavy atom. The predicted molar refractivity (Wildman–Crippen MR) is 161 cm³/mol. The third kappa shape index (κ3) is 13.3. The molecule has 0 aliphatic heterocycles. The van der Waals surface area contributed by atoms with E-state index in [4.69, 9.17) is 14.2 Å². The summed E-state index contributed by atoms with van der Waals surface area (Å²) < 4.78 is 29.2. The first-order valence-electron chi connectivity index (χ1n) is 13.4. The lowest BCUT2D eigenvalue weighted by atomic mass is 10.1. The van der Waals surface area contributed by atoms with Crippen molar-refractivity contribution in [2.24, 2.45) is 0 Å². The molecule has 0 amide bonds. The Hall–Kier alpha value is -2.62. The van der Waals surface area contributed by atoms with Gasteiger partial charge in [-0.3, -0.25) is 4.57 Å². The van der Waals surface area contributed by atoms with Gasteiger partial charge in [-0.15, -0.1) is 12.4 Å². The molecule has 3 atom stereocenters. The van der Waals surface area contributed by atoms with Crippen LogP contribution in [0.15, 0.2) is 72.8 Å². The molecule has 0 spiro atoms. The van der Waals surface area contributed by atoms with Gasteiger partial charge in [-0.1, -0.05) is 42.5 Å². The van der Waals surface area contributed by atoms with Gasteiger partial charge in [-0.05, 0) is 61.2 Å². The number of aromatic hydroxyl groups is 1. The predicted octanol–water partition coefficient (Wildman–Crippen LogP) is 4.48. The highest BCUT2D eigenvalue weighted by Gasteiger charge is 2.19. The highest BCUT2D eigenvalue weighted by Crippen LogP contribution is 2.41. The fourth-order valence-electron chi connectivity index (χ4n) is 3.93. The summed E-state index contributed by atoms with van der Waals surface area (Å²) >= 11 is 0. The summed E-state index contributed by atoms with van der Waals surface area (Å²) in [6, 6.07) is 21.8. The van der Waals surface area contributed by atoms with Crippen molar-refractivity contribution in [3.63, 3.8) is 0 Å². The third-order valence-electron chi connectivity index (χ3n) is 6.17. The minimum absolute atomic E-state index is 0. The lowest BCUT2D eigenvalue weighted by Crippen LogP contribution is -2.37. The van der Waals surface area contributed by atoms with Crippen LogP contribution < -0.4 is 14.8 Å². The number of phenols is 1. The first-order chi connectivity index (χ1) is 19.2. The lowest BCUT2D eigenvalue weighted by molar-refractivity contribution is 0.104. The second-order valence-corrected chi connectivity index (χ2v) is 12.2. The van der Waals surface area contributed by atoms with Gasteiger partial charge in [0.2, 0.25) is 7.37 Å². The van der Waals surface area contributed by atoms with Crippen molar-refractivity contribution in [3.05, 3.63) is 89.5 Å². The first kappa shape index (κ1) is 34.6. The Morgan fingerprint density at radius 1 is 0.951 bits per heavy atom. The number of nitrogens with one attached hydrogen (secondary N) is 1. The summed E-state index contributed by atoms with van der Waals surface area (Å²) in [6.07, 6.45) is 0.352. The fraction of sp³-hybridized carbons (Fsp3) is 0.400. The molecule has 0 aliphatic rings. The number of hydrogen-bond acceptors (Lipinski definition) is 8. The zero-order chi connectivity index (χ0) is 28.8. The molecule has 3 rings (SSSR count). The Bertz CT molecular complexity index is 1200. The maximum atomic E-state index is 12.4. The fourth-order valence-corrected chi connectivity index (χ4v) is 5.04. The van der Waals surface area contributed by atoms with E-state index in [-0.39, 0.29) is 49.9 Å². The maximum Gasteiger partial charge on any atom is 0.236 e. The first-order valence-corrected chi connectivity index (χ1v) is 15.4. The number of rotatable bonds is 18. The minimum Gasteiger partial charge on any atom is -0.508 e. The highest BCUT2D eigenvalue weighted by molar-refractivity contribution is 7.57. The van der Waals surface area contributed by atoms with Crippen molar-refractivity contribution in [1.29, 1.82) is 0 Å². The monoisotopic (exact) mass is 609 g/mol. The van der Waals surface area contributed by atoms with Gasteiger partial charge in [0.15, 0.2) is 6.35 Å². The molecule has 0 aromatic heterocycles. The zero-order valence-electron chi connectivity index (χ0n) is 23.2. The topological polar surface area (TPSA) is 138 Å². The van der Waals surface area contributed by atoms with Crippen LogP contribution in [0.2, 0.25) is 0 Å². The van der Waals surface area contributed by atoms with Crippen molar-refractivity contribution in [1.82, 2.24) is 5.32 Å². The van der Waals surface area contributed by atoms with E-state index in [1.54, 1.807) is 18.2 Å². The van der Waals surface area contributed by atoms with Gasteiger partial charge in [0.25, 0.3) is 0 Å². The molecule has 226 valence electrons. The molecule has 5 N–H and O–H groups in total. The summed E-state index contributed by atoms with van der Waals surface area (Å²) in [5.41, 5.74) is 2.49. The standard InChI is InChI=1S/C30H40NO8P.ClH/c1-23(31-18-27(33)21-38-29-12-13-30(34)26(17-29)19-32)16-24-8-10-28(11-9-24)39-22-40(35,36)15-5-14-37-20-25-6-3-2-4-7-25;/h2-4,6-13,17,23,27,31-34H,5,14-16,18-22H2,1H3,(H,35,36);1H. The number of hydrogen-bond donors (Lipinski definition) is 5. The molecule has 0 radical (unpaired) electrons. The molecule has 0 bridgehead atoms. The van der Waals surface area contributed by atoms with Crippen LogP contribution in [-0.4, -0.2) is 64.6 Å². The third-order valence-corrected chi connectivity index (χ3v) is 7.72. The molecule has 3 aromatic rings. The summed E-state index contributed by atoms with van der Waals surface area (Å²) in [6.45, 7) is 3.00. The quantitative estimate of drug-likeness (QED) is 0.104. The molecule has 0 saturated carbocycles. The van der Waals surface area contributed by atoms with E-state index >= 15 is 0 Å². The Morgan fingerprint density at radius 2 is 1.66 bits per heavy atom. The molecular weight excluding hydrogens is 569 g/mol. The second-order valence-electron chi connectivity index (χ2n) is 9.81. The van der Waals surface area contributed by atoms with Crippen LogP contribution in [0.5, 0.6) is 17.2 Å². The largest absolute Gasteiger partial charge is 0.508 e. The smallest absolute Gasteiger partial charge is 0.236 e. The van der Waals surface area contributed by atoms with Crippen LogP contribution in [0.25, 0.3) is 0 Å². The summed E-state index contributed by atoms with van der Waals surface area (Å²) in [5, 5.41) is 32.4. The molecule has 11 heteroatoms. The molecule has 0 fully saturated rings. The van der Waals surface area contributed by atoms with Crippen LogP contribution in [-0.2, 0) is 28.9 Å². The summed E-state index contributed by atoms with van der Waals surface area (Å²) in [4.78, 5) is 10.2. The van der Waals surface area contributed by atoms with Gasteiger partial charge in [-0.25, -0.2) is 0 Å². The number of benzene rings is 3. The van der Waals surface area contributed by atoms with Gasteiger partial charge in [-0.2, -0.15) is 0 Å². The lowest BCUT2D eigenvalue weighted by Gasteiger charge is -2.18.